The molecule has 0 bridgehead atoms. The Morgan fingerprint density at radius 2 is 1.60 bits per heavy atom. The van der Waals surface area contributed by atoms with E-state index in [1.165, 1.54) is 10.8 Å². The van der Waals surface area contributed by atoms with Crippen LogP contribution in [0, 0.1) is 3.57 Å². The van der Waals surface area contributed by atoms with E-state index >= 15 is 0 Å². The minimum atomic E-state index is -0.202. The van der Waals surface area contributed by atoms with Gasteiger partial charge in [0.2, 0.25) is 0 Å². The zero-order valence-corrected chi connectivity index (χ0v) is 14.2. The van der Waals surface area contributed by atoms with E-state index in [0.29, 0.717) is 5.02 Å². The molecule has 1 atom stereocenters. The summed E-state index contributed by atoms with van der Waals surface area (Å²) in [7, 11) is 0. The van der Waals surface area contributed by atoms with Gasteiger partial charge in [0.1, 0.15) is 0 Å². The lowest BCUT2D eigenvalue weighted by molar-refractivity contribution is 1.14. The molecule has 1 unspecified atom stereocenters. The molecule has 20 heavy (non-hydrogen) atoms. The fraction of sp³-hybridized carbons (Fsp3) is 0.0588. The minimum Gasteiger partial charge on any atom is -0.113 e. The Balaban J connectivity index is 2.17. The summed E-state index contributed by atoms with van der Waals surface area (Å²) in [6.45, 7) is 0. The van der Waals surface area contributed by atoms with E-state index in [-0.39, 0.29) is 5.38 Å². The van der Waals surface area contributed by atoms with Crippen molar-refractivity contribution in [1.82, 2.24) is 0 Å². The Hall–Kier alpha value is -0.770. The van der Waals surface area contributed by atoms with Crippen LogP contribution in [0.3, 0.4) is 0 Å². The van der Waals surface area contributed by atoms with Crippen LogP contribution in [0.4, 0.5) is 0 Å². The second-order valence-electron chi connectivity index (χ2n) is 4.60. The first kappa shape index (κ1) is 14.2. The van der Waals surface area contributed by atoms with Crippen LogP contribution in [-0.4, -0.2) is 0 Å². The molecule has 0 N–H and O–H groups in total. The largest absolute Gasteiger partial charge is 0.113 e. The van der Waals surface area contributed by atoms with Crippen LogP contribution in [-0.2, 0) is 0 Å². The molecule has 3 aromatic carbocycles. The molecule has 0 spiro atoms. The highest BCUT2D eigenvalue weighted by Gasteiger charge is 2.16. The lowest BCUT2D eigenvalue weighted by atomic mass is 9.98. The first-order valence-electron chi connectivity index (χ1n) is 6.23. The van der Waals surface area contributed by atoms with Crippen molar-refractivity contribution >= 4 is 56.6 Å². The maximum Gasteiger partial charge on any atom is 0.0852 e. The topological polar surface area (TPSA) is 0 Å². The molecule has 0 saturated heterocycles. The molecular weight excluding hydrogens is 402 g/mol. The highest BCUT2D eigenvalue weighted by molar-refractivity contribution is 14.1. The molecule has 100 valence electrons. The standard InChI is InChI=1S/C17H11Cl2I/c18-12-8-9-16(20)15(10-12)17(19)14-7-3-5-11-4-1-2-6-13(11)14/h1-10,17H. The minimum absolute atomic E-state index is 0.202. The van der Waals surface area contributed by atoms with Gasteiger partial charge in [-0.3, -0.25) is 0 Å². The van der Waals surface area contributed by atoms with Crippen LogP contribution in [0.25, 0.3) is 10.8 Å². The third-order valence-electron chi connectivity index (χ3n) is 3.33. The monoisotopic (exact) mass is 412 g/mol. The molecule has 0 amide bonds. The predicted molar refractivity (Wildman–Crippen MR) is 95.8 cm³/mol. The SMILES string of the molecule is Clc1ccc(I)c(C(Cl)c2cccc3ccccc23)c1. The molecule has 0 radical (unpaired) electrons. The van der Waals surface area contributed by atoms with Gasteiger partial charge in [-0.1, -0.05) is 54.1 Å². The normalized spacial score (nSPS) is 12.6. The zero-order valence-electron chi connectivity index (χ0n) is 10.5. The summed E-state index contributed by atoms with van der Waals surface area (Å²) in [4.78, 5) is 0. The molecule has 0 aliphatic heterocycles. The van der Waals surface area contributed by atoms with E-state index < -0.39 is 0 Å². The van der Waals surface area contributed by atoms with Gasteiger partial charge in [-0.25, -0.2) is 0 Å². The number of alkyl halides is 1. The number of rotatable bonds is 2. The molecular formula is C17H11Cl2I. The van der Waals surface area contributed by atoms with Crippen LogP contribution in [0.2, 0.25) is 5.02 Å². The van der Waals surface area contributed by atoms with Gasteiger partial charge >= 0.3 is 0 Å². The fourth-order valence-electron chi connectivity index (χ4n) is 2.35. The number of benzene rings is 3. The summed E-state index contributed by atoms with van der Waals surface area (Å²) >= 11 is 15.1. The van der Waals surface area contributed by atoms with Crippen molar-refractivity contribution < 1.29 is 0 Å². The maximum absolute atomic E-state index is 6.72. The number of hydrogen-bond acceptors (Lipinski definition) is 0. The van der Waals surface area contributed by atoms with Gasteiger partial charge in [0.05, 0.1) is 5.38 Å². The molecule has 0 aromatic heterocycles. The van der Waals surface area contributed by atoms with Crippen molar-refractivity contribution in [3.8, 4) is 0 Å². The average molecular weight is 413 g/mol. The Morgan fingerprint density at radius 1 is 0.850 bits per heavy atom. The van der Waals surface area contributed by atoms with E-state index in [0.717, 1.165) is 14.7 Å². The fourth-order valence-corrected chi connectivity index (χ4v) is 3.73. The molecule has 0 heterocycles. The van der Waals surface area contributed by atoms with E-state index in [2.05, 4.69) is 46.9 Å². The molecule has 3 heteroatoms. The van der Waals surface area contributed by atoms with Crippen LogP contribution < -0.4 is 0 Å². The van der Waals surface area contributed by atoms with E-state index in [4.69, 9.17) is 23.2 Å². The van der Waals surface area contributed by atoms with E-state index in [1.54, 1.807) is 0 Å². The second kappa shape index (κ2) is 5.92. The highest BCUT2D eigenvalue weighted by atomic mass is 127. The van der Waals surface area contributed by atoms with Crippen molar-refractivity contribution in [2.75, 3.05) is 0 Å². The highest BCUT2D eigenvalue weighted by Crippen LogP contribution is 2.36. The molecule has 3 aromatic rings. The molecule has 0 nitrogen and oxygen atoms in total. The first-order valence-corrected chi connectivity index (χ1v) is 8.13. The smallest absolute Gasteiger partial charge is 0.0852 e. The molecule has 0 fully saturated rings. The molecule has 3 rings (SSSR count). The van der Waals surface area contributed by atoms with Gasteiger partial charge in [0.25, 0.3) is 0 Å². The predicted octanol–water partition coefficient (Wildman–Crippen LogP) is 6.43. The van der Waals surface area contributed by atoms with Gasteiger partial charge in [0, 0.05) is 8.59 Å². The summed E-state index contributed by atoms with van der Waals surface area (Å²) in [6.07, 6.45) is 0. The van der Waals surface area contributed by atoms with E-state index in [1.807, 2.05) is 36.4 Å². The summed E-state index contributed by atoms with van der Waals surface area (Å²) in [5, 5.41) is 2.90. The third kappa shape index (κ3) is 2.67. The van der Waals surface area contributed by atoms with Gasteiger partial charge in [-0.15, -0.1) is 11.6 Å². The Labute approximate surface area is 141 Å². The quantitative estimate of drug-likeness (QED) is 0.336. The summed E-state index contributed by atoms with van der Waals surface area (Å²) in [5.41, 5.74) is 2.17. The van der Waals surface area contributed by atoms with Gasteiger partial charge in [-0.05, 0) is 62.7 Å². The van der Waals surface area contributed by atoms with Crippen molar-refractivity contribution in [3.63, 3.8) is 0 Å². The first-order chi connectivity index (χ1) is 9.66. The number of halogens is 3. The summed E-state index contributed by atoms with van der Waals surface area (Å²) < 4.78 is 1.12. The van der Waals surface area contributed by atoms with E-state index in [9.17, 15) is 0 Å². The lowest BCUT2D eigenvalue weighted by Gasteiger charge is -2.15. The molecule has 0 aliphatic carbocycles. The molecule has 0 aliphatic rings. The number of fused-ring (bicyclic) bond motifs is 1. The molecule has 0 saturated carbocycles. The van der Waals surface area contributed by atoms with Crippen LogP contribution in [0.15, 0.2) is 60.7 Å². The van der Waals surface area contributed by atoms with Gasteiger partial charge < -0.3 is 0 Å². The Morgan fingerprint density at radius 3 is 2.45 bits per heavy atom. The maximum atomic E-state index is 6.72. The Kier molecular flexibility index (Phi) is 4.20. The summed E-state index contributed by atoms with van der Waals surface area (Å²) in [6, 6.07) is 20.4. The van der Waals surface area contributed by atoms with Crippen LogP contribution in [0.1, 0.15) is 16.5 Å². The third-order valence-corrected chi connectivity index (χ3v) is 5.02. The van der Waals surface area contributed by atoms with Crippen LogP contribution >= 0.6 is 45.8 Å². The lowest BCUT2D eigenvalue weighted by Crippen LogP contribution is -1.97. The van der Waals surface area contributed by atoms with Crippen LogP contribution in [0.5, 0.6) is 0 Å². The summed E-state index contributed by atoms with van der Waals surface area (Å²) in [5.74, 6) is 0. The zero-order chi connectivity index (χ0) is 14.1. The van der Waals surface area contributed by atoms with Crippen molar-refractivity contribution in [2.45, 2.75) is 5.38 Å². The van der Waals surface area contributed by atoms with Crippen molar-refractivity contribution in [1.29, 1.82) is 0 Å². The van der Waals surface area contributed by atoms with Gasteiger partial charge in [-0.2, -0.15) is 0 Å². The second-order valence-corrected chi connectivity index (χ2v) is 6.63. The van der Waals surface area contributed by atoms with Gasteiger partial charge in [0.15, 0.2) is 0 Å². The Bertz CT molecular complexity index is 763. The average Bonchev–Trinajstić information content (AvgIpc) is 2.48. The van der Waals surface area contributed by atoms with Crippen molar-refractivity contribution in [3.05, 3.63) is 80.4 Å². The number of hydrogen-bond donors (Lipinski definition) is 0. The van der Waals surface area contributed by atoms with Crippen molar-refractivity contribution in [2.24, 2.45) is 0 Å².